The van der Waals surface area contributed by atoms with Crippen molar-refractivity contribution in [2.45, 2.75) is 13.0 Å². The van der Waals surface area contributed by atoms with Gasteiger partial charge in [-0.1, -0.05) is 24.0 Å². The van der Waals surface area contributed by atoms with Crippen LogP contribution in [0, 0.1) is 11.8 Å². The molecule has 0 aliphatic heterocycles. The van der Waals surface area contributed by atoms with Gasteiger partial charge in [0.25, 0.3) is 11.8 Å². The summed E-state index contributed by atoms with van der Waals surface area (Å²) in [4.78, 5) is 33.0. The molecule has 3 N–H and O–H groups in total. The maximum atomic E-state index is 11.9. The van der Waals surface area contributed by atoms with Gasteiger partial charge in [-0.25, -0.2) is 4.98 Å². The summed E-state index contributed by atoms with van der Waals surface area (Å²) in [7, 11) is 3.01. The number of aliphatic hydroxyl groups is 1. The molecule has 1 aromatic heterocycles. The van der Waals surface area contributed by atoms with Crippen molar-refractivity contribution in [2.24, 2.45) is 5.73 Å². The molecule has 140 valence electrons. The van der Waals surface area contributed by atoms with E-state index in [1.54, 1.807) is 38.2 Å². The van der Waals surface area contributed by atoms with Crippen LogP contribution in [0.2, 0.25) is 0 Å². The van der Waals surface area contributed by atoms with Crippen LogP contribution in [0.15, 0.2) is 30.3 Å². The number of hydrogen-bond donors (Lipinski definition) is 2. The molecule has 8 nitrogen and oxygen atoms in total. The lowest BCUT2D eigenvalue weighted by molar-refractivity contribution is -0.135. The van der Waals surface area contributed by atoms with Gasteiger partial charge in [0.1, 0.15) is 5.69 Å². The standard InChI is InChI=1S/C19H20N4O4/c1-4-23(2)19(26)15(24)9-8-12-6-5-7-13(10-12)18-21-14(17(20)25)11-16(22-18)27-3/h5-7,10-11,15,24H,4H2,1-3H3,(H2,20,25). The smallest absolute Gasteiger partial charge is 0.267 e. The molecule has 0 saturated carbocycles. The molecule has 27 heavy (non-hydrogen) atoms. The van der Waals surface area contributed by atoms with Gasteiger partial charge in [0.15, 0.2) is 11.9 Å². The van der Waals surface area contributed by atoms with Crippen LogP contribution in [0.25, 0.3) is 11.4 Å². The molecular formula is C19H20N4O4. The first-order chi connectivity index (χ1) is 12.8. The first-order valence-corrected chi connectivity index (χ1v) is 8.13. The fourth-order valence-electron chi connectivity index (χ4n) is 2.10. The van der Waals surface area contributed by atoms with E-state index >= 15 is 0 Å². The predicted molar refractivity (Wildman–Crippen MR) is 98.7 cm³/mol. The Morgan fingerprint density at radius 2 is 2.07 bits per heavy atom. The minimum atomic E-state index is -1.41. The Bertz CT molecular complexity index is 917. The van der Waals surface area contributed by atoms with E-state index in [1.165, 1.54) is 18.1 Å². The summed E-state index contributed by atoms with van der Waals surface area (Å²) in [5.41, 5.74) is 6.44. The molecule has 0 fully saturated rings. The molecule has 1 unspecified atom stereocenters. The zero-order valence-electron chi connectivity index (χ0n) is 15.3. The number of primary amides is 1. The zero-order chi connectivity index (χ0) is 20.0. The summed E-state index contributed by atoms with van der Waals surface area (Å²) in [5.74, 6) is 4.55. The second kappa shape index (κ2) is 8.78. The molecule has 0 spiro atoms. The lowest BCUT2D eigenvalue weighted by Gasteiger charge is -2.15. The highest BCUT2D eigenvalue weighted by Gasteiger charge is 2.15. The highest BCUT2D eigenvalue weighted by Crippen LogP contribution is 2.20. The summed E-state index contributed by atoms with van der Waals surface area (Å²) in [5, 5.41) is 9.88. The van der Waals surface area contributed by atoms with Crippen LogP contribution < -0.4 is 10.5 Å². The third-order valence-corrected chi connectivity index (χ3v) is 3.72. The minimum absolute atomic E-state index is 0.0250. The number of likely N-dealkylation sites (N-methyl/N-ethyl adjacent to an activating group) is 1. The van der Waals surface area contributed by atoms with Crippen LogP contribution in [0.3, 0.4) is 0 Å². The van der Waals surface area contributed by atoms with Gasteiger partial charge in [0, 0.05) is 30.8 Å². The second-order valence-electron chi connectivity index (χ2n) is 5.59. The van der Waals surface area contributed by atoms with Gasteiger partial charge < -0.3 is 20.5 Å². The van der Waals surface area contributed by atoms with Gasteiger partial charge in [-0.2, -0.15) is 4.98 Å². The van der Waals surface area contributed by atoms with E-state index in [-0.39, 0.29) is 17.4 Å². The summed E-state index contributed by atoms with van der Waals surface area (Å²) >= 11 is 0. The van der Waals surface area contributed by atoms with Gasteiger partial charge in [-0.05, 0) is 19.1 Å². The fourth-order valence-corrected chi connectivity index (χ4v) is 2.10. The van der Waals surface area contributed by atoms with E-state index in [4.69, 9.17) is 10.5 Å². The monoisotopic (exact) mass is 368 g/mol. The zero-order valence-corrected chi connectivity index (χ0v) is 15.3. The van der Waals surface area contributed by atoms with E-state index in [0.717, 1.165) is 0 Å². The Hall–Kier alpha value is -3.44. The Balaban J connectivity index is 2.34. The summed E-state index contributed by atoms with van der Waals surface area (Å²) in [6.07, 6.45) is -1.41. The number of hydrogen-bond acceptors (Lipinski definition) is 6. The van der Waals surface area contributed by atoms with E-state index in [1.807, 2.05) is 0 Å². The number of aliphatic hydroxyl groups excluding tert-OH is 1. The maximum absolute atomic E-state index is 11.9. The average Bonchev–Trinajstić information content (AvgIpc) is 2.70. The Kier molecular flexibility index (Phi) is 6.46. The van der Waals surface area contributed by atoms with Gasteiger partial charge in [0.2, 0.25) is 5.88 Å². The van der Waals surface area contributed by atoms with Crippen LogP contribution in [-0.4, -0.2) is 58.6 Å². The van der Waals surface area contributed by atoms with E-state index in [9.17, 15) is 14.7 Å². The van der Waals surface area contributed by atoms with Crippen molar-refractivity contribution >= 4 is 11.8 Å². The number of carbonyl (C=O) groups is 2. The van der Waals surface area contributed by atoms with Crippen LogP contribution in [0.1, 0.15) is 23.0 Å². The third-order valence-electron chi connectivity index (χ3n) is 3.72. The van der Waals surface area contributed by atoms with Crippen molar-refractivity contribution < 1.29 is 19.4 Å². The number of methoxy groups -OCH3 is 1. The highest BCUT2D eigenvalue weighted by molar-refractivity contribution is 5.91. The van der Waals surface area contributed by atoms with Crippen LogP contribution in [0.5, 0.6) is 5.88 Å². The molecule has 8 heteroatoms. The van der Waals surface area contributed by atoms with Gasteiger partial charge in [-0.15, -0.1) is 0 Å². The van der Waals surface area contributed by atoms with Gasteiger partial charge in [-0.3, -0.25) is 9.59 Å². The molecule has 1 atom stereocenters. The number of carbonyl (C=O) groups excluding carboxylic acids is 2. The van der Waals surface area contributed by atoms with Crippen molar-refractivity contribution in [1.29, 1.82) is 0 Å². The maximum Gasteiger partial charge on any atom is 0.267 e. The predicted octanol–water partition coefficient (Wildman–Crippen LogP) is 0.442. The number of rotatable bonds is 5. The molecule has 1 aromatic carbocycles. The summed E-state index contributed by atoms with van der Waals surface area (Å²) < 4.78 is 5.07. The van der Waals surface area contributed by atoms with Gasteiger partial charge in [0.05, 0.1) is 7.11 Å². The molecule has 0 aliphatic rings. The Labute approximate surface area is 157 Å². The molecule has 2 rings (SSSR count). The molecule has 1 heterocycles. The number of aromatic nitrogens is 2. The Morgan fingerprint density at radius 3 is 2.70 bits per heavy atom. The quantitative estimate of drug-likeness (QED) is 0.740. The molecular weight excluding hydrogens is 348 g/mol. The largest absolute Gasteiger partial charge is 0.481 e. The highest BCUT2D eigenvalue weighted by atomic mass is 16.5. The number of benzene rings is 1. The minimum Gasteiger partial charge on any atom is -0.481 e. The van der Waals surface area contributed by atoms with Crippen molar-refractivity contribution in [3.05, 3.63) is 41.6 Å². The first kappa shape index (κ1) is 19.9. The number of ether oxygens (including phenoxy) is 1. The van der Waals surface area contributed by atoms with E-state index in [2.05, 4.69) is 21.8 Å². The van der Waals surface area contributed by atoms with Crippen molar-refractivity contribution in [3.63, 3.8) is 0 Å². The molecule has 0 saturated heterocycles. The first-order valence-electron chi connectivity index (χ1n) is 8.13. The molecule has 0 bridgehead atoms. The number of nitrogens with zero attached hydrogens (tertiary/aromatic N) is 3. The normalized spacial score (nSPS) is 11.1. The van der Waals surface area contributed by atoms with Crippen molar-refractivity contribution in [3.8, 4) is 29.1 Å². The molecule has 0 aliphatic carbocycles. The topological polar surface area (TPSA) is 119 Å². The van der Waals surface area contributed by atoms with E-state index < -0.39 is 17.9 Å². The van der Waals surface area contributed by atoms with Crippen molar-refractivity contribution in [2.75, 3.05) is 20.7 Å². The fraction of sp³-hybridized carbons (Fsp3) is 0.263. The van der Waals surface area contributed by atoms with Crippen LogP contribution in [0.4, 0.5) is 0 Å². The lowest BCUT2D eigenvalue weighted by atomic mass is 10.1. The molecule has 2 aromatic rings. The van der Waals surface area contributed by atoms with Gasteiger partial charge >= 0.3 is 0 Å². The SMILES string of the molecule is CCN(C)C(=O)C(O)C#Cc1cccc(-c2nc(OC)cc(C(N)=O)n2)c1. The summed E-state index contributed by atoms with van der Waals surface area (Å²) in [6.45, 7) is 2.28. The molecule has 2 amide bonds. The summed E-state index contributed by atoms with van der Waals surface area (Å²) in [6, 6.07) is 8.19. The van der Waals surface area contributed by atoms with Crippen LogP contribution in [-0.2, 0) is 4.79 Å². The van der Waals surface area contributed by atoms with E-state index in [0.29, 0.717) is 17.7 Å². The average molecular weight is 368 g/mol. The second-order valence-corrected chi connectivity index (χ2v) is 5.59. The third kappa shape index (κ3) is 5.03. The Morgan fingerprint density at radius 1 is 1.33 bits per heavy atom. The van der Waals surface area contributed by atoms with Crippen LogP contribution >= 0.6 is 0 Å². The number of amides is 2. The lowest BCUT2D eigenvalue weighted by Crippen LogP contribution is -2.35. The number of nitrogens with two attached hydrogens (primary N) is 1. The van der Waals surface area contributed by atoms with Crippen molar-refractivity contribution in [1.82, 2.24) is 14.9 Å². The molecule has 0 radical (unpaired) electrons.